The first-order valence-electron chi connectivity index (χ1n) is 6.45. The molecule has 0 saturated carbocycles. The molecule has 2 aromatic heterocycles. The number of rotatable bonds is 5. The van der Waals surface area contributed by atoms with Gasteiger partial charge in [-0.2, -0.15) is 0 Å². The third-order valence-electron chi connectivity index (χ3n) is 3.21. The molecule has 0 saturated heterocycles. The summed E-state index contributed by atoms with van der Waals surface area (Å²) < 4.78 is 13.0. The van der Waals surface area contributed by atoms with Crippen molar-refractivity contribution in [3.63, 3.8) is 0 Å². The topological polar surface area (TPSA) is 74.3 Å². The van der Waals surface area contributed by atoms with E-state index in [9.17, 15) is 4.57 Å². The molecule has 0 aliphatic heterocycles. The molecular weight excluding hydrogens is 346 g/mol. The van der Waals surface area contributed by atoms with E-state index < -0.39 is 7.60 Å². The molecule has 2 N–H and O–H groups in total. The third kappa shape index (κ3) is 6.03. The Hall–Kier alpha value is -0.970. The van der Waals surface area contributed by atoms with Crippen LogP contribution in [0.5, 0.6) is 0 Å². The summed E-state index contributed by atoms with van der Waals surface area (Å²) in [5.41, 5.74) is 2.12. The van der Waals surface area contributed by atoms with Crippen LogP contribution in [-0.4, -0.2) is 20.9 Å². The van der Waals surface area contributed by atoms with E-state index in [0.717, 1.165) is 11.1 Å². The van der Waals surface area contributed by atoms with Crippen LogP contribution in [-0.2, 0) is 4.57 Å². The second kappa shape index (κ2) is 9.23. The van der Waals surface area contributed by atoms with Crippen LogP contribution in [0.2, 0.25) is 0 Å². The van der Waals surface area contributed by atoms with Crippen molar-refractivity contribution in [2.75, 3.05) is 6.16 Å². The van der Waals surface area contributed by atoms with Gasteiger partial charge in [0.05, 0.1) is 0 Å². The minimum atomic E-state index is -4.00. The fourth-order valence-corrected chi connectivity index (χ4v) is 3.12. The van der Waals surface area contributed by atoms with Crippen molar-refractivity contribution in [2.24, 2.45) is 0 Å². The molecule has 8 heteroatoms. The first kappa shape index (κ1) is 21.0. The Labute approximate surface area is 142 Å². The zero-order valence-corrected chi connectivity index (χ0v) is 14.5. The smallest absolute Gasteiger partial charge is 0.332 e. The van der Waals surface area contributed by atoms with E-state index >= 15 is 0 Å². The average Bonchev–Trinajstić information content (AvgIpc) is 2.45. The lowest BCUT2D eigenvalue weighted by Gasteiger charge is -2.11. The summed E-state index contributed by atoms with van der Waals surface area (Å²) in [6.45, 7) is 1.92. The van der Waals surface area contributed by atoms with Crippen LogP contribution in [0.3, 0.4) is 0 Å². The van der Waals surface area contributed by atoms with Crippen LogP contribution in [0.1, 0.15) is 19.4 Å². The van der Waals surface area contributed by atoms with Gasteiger partial charge in [0.25, 0.3) is 0 Å². The SMILES string of the molecule is CCC(CP(=O)(O)O)[n+]1ccc(-c2ccncc2)cc1.Cl.[Cl-]. The van der Waals surface area contributed by atoms with Gasteiger partial charge >= 0.3 is 7.60 Å². The van der Waals surface area contributed by atoms with Gasteiger partial charge in [-0.3, -0.25) is 9.55 Å². The highest BCUT2D eigenvalue weighted by Crippen LogP contribution is 2.37. The summed E-state index contributed by atoms with van der Waals surface area (Å²) in [4.78, 5) is 22.2. The van der Waals surface area contributed by atoms with E-state index in [1.54, 1.807) is 12.4 Å². The lowest BCUT2D eigenvalue weighted by Crippen LogP contribution is -3.00. The van der Waals surface area contributed by atoms with Gasteiger partial charge in [0, 0.05) is 30.9 Å². The normalized spacial score (nSPS) is 12.0. The van der Waals surface area contributed by atoms with Crippen LogP contribution in [0, 0.1) is 0 Å². The molecule has 2 heterocycles. The number of nitrogens with zero attached hydrogens (tertiary/aromatic N) is 2. The molecule has 122 valence electrons. The Morgan fingerprint density at radius 2 is 1.64 bits per heavy atom. The minimum Gasteiger partial charge on any atom is -1.00 e. The van der Waals surface area contributed by atoms with Crippen molar-refractivity contribution in [2.45, 2.75) is 19.4 Å². The molecule has 1 unspecified atom stereocenters. The molecule has 5 nitrogen and oxygen atoms in total. The fourth-order valence-electron chi connectivity index (χ4n) is 2.13. The highest BCUT2D eigenvalue weighted by atomic mass is 35.5. The maximum atomic E-state index is 11.1. The van der Waals surface area contributed by atoms with E-state index in [2.05, 4.69) is 4.98 Å². The van der Waals surface area contributed by atoms with E-state index in [-0.39, 0.29) is 37.0 Å². The minimum absolute atomic E-state index is 0. The Morgan fingerprint density at radius 3 is 2.09 bits per heavy atom. The second-order valence-electron chi connectivity index (χ2n) is 4.68. The van der Waals surface area contributed by atoms with E-state index in [1.807, 2.05) is 48.1 Å². The highest BCUT2D eigenvalue weighted by Gasteiger charge is 2.26. The number of hydrogen-bond donors (Lipinski definition) is 2. The molecule has 0 aliphatic rings. The van der Waals surface area contributed by atoms with Gasteiger partial charge in [-0.25, -0.2) is 4.57 Å². The largest absolute Gasteiger partial charge is 1.00 e. The zero-order chi connectivity index (χ0) is 14.6. The molecule has 1 atom stereocenters. The van der Waals surface area contributed by atoms with Gasteiger partial charge in [-0.05, 0) is 23.3 Å². The van der Waals surface area contributed by atoms with Crippen LogP contribution in [0.25, 0.3) is 11.1 Å². The summed E-state index contributed by atoms with van der Waals surface area (Å²) in [7, 11) is -4.00. The Kier molecular flexibility index (Phi) is 8.83. The standard InChI is InChI=1S/C14H17N2O3P.2ClH/c1-2-14(11-20(17,18)19)16-9-5-13(6-10-16)12-3-7-15-8-4-12;;/h3-10,14H,2,11H2,1H3,(H-,17,18,19);2*1H. The van der Waals surface area contributed by atoms with Gasteiger partial charge in [-0.1, -0.05) is 6.92 Å². The summed E-state index contributed by atoms with van der Waals surface area (Å²) in [6.07, 6.45) is 7.73. The third-order valence-corrected chi connectivity index (χ3v) is 4.10. The average molecular weight is 365 g/mol. The highest BCUT2D eigenvalue weighted by molar-refractivity contribution is 7.51. The predicted octanol–water partition coefficient (Wildman–Crippen LogP) is -0.409. The molecule has 0 aliphatic carbocycles. The van der Waals surface area contributed by atoms with Crippen LogP contribution in [0.15, 0.2) is 49.1 Å². The van der Waals surface area contributed by atoms with Crippen molar-refractivity contribution in [1.82, 2.24) is 4.98 Å². The first-order chi connectivity index (χ1) is 9.49. The fraction of sp³-hybridized carbons (Fsp3) is 0.286. The predicted molar refractivity (Wildman–Crippen MR) is 83.4 cm³/mol. The van der Waals surface area contributed by atoms with Crippen molar-refractivity contribution in [3.05, 3.63) is 49.1 Å². The summed E-state index contributed by atoms with van der Waals surface area (Å²) in [5, 5.41) is 0. The van der Waals surface area contributed by atoms with Crippen molar-refractivity contribution in [3.8, 4) is 11.1 Å². The van der Waals surface area contributed by atoms with E-state index in [1.165, 1.54) is 0 Å². The molecule has 0 spiro atoms. The van der Waals surface area contributed by atoms with Crippen LogP contribution < -0.4 is 17.0 Å². The monoisotopic (exact) mass is 364 g/mol. The molecule has 0 bridgehead atoms. The van der Waals surface area contributed by atoms with E-state index in [4.69, 9.17) is 9.79 Å². The van der Waals surface area contributed by atoms with Gasteiger partial charge in [0.15, 0.2) is 18.4 Å². The lowest BCUT2D eigenvalue weighted by molar-refractivity contribution is -0.719. The molecule has 0 aromatic carbocycles. The van der Waals surface area contributed by atoms with Gasteiger partial charge in [0.2, 0.25) is 0 Å². The zero-order valence-electron chi connectivity index (χ0n) is 12.0. The maximum Gasteiger partial charge on any atom is 0.332 e. The van der Waals surface area contributed by atoms with Gasteiger partial charge in [0.1, 0.15) is 6.16 Å². The Morgan fingerprint density at radius 1 is 1.14 bits per heavy atom. The molecule has 22 heavy (non-hydrogen) atoms. The molecule has 2 rings (SSSR count). The number of halogens is 2. The van der Waals surface area contributed by atoms with Crippen LogP contribution in [0.4, 0.5) is 0 Å². The van der Waals surface area contributed by atoms with Gasteiger partial charge < -0.3 is 22.2 Å². The lowest BCUT2D eigenvalue weighted by atomic mass is 10.1. The summed E-state index contributed by atoms with van der Waals surface area (Å²) in [5.74, 6) is 0. The van der Waals surface area contributed by atoms with Gasteiger partial charge in [-0.15, -0.1) is 12.4 Å². The van der Waals surface area contributed by atoms with E-state index in [0.29, 0.717) is 6.42 Å². The van der Waals surface area contributed by atoms with Crippen molar-refractivity contribution >= 4 is 20.0 Å². The Balaban J connectivity index is 0.00000220. The molecule has 2 aromatic rings. The summed E-state index contributed by atoms with van der Waals surface area (Å²) in [6, 6.07) is 7.54. The molecule has 0 amide bonds. The molecule has 0 radical (unpaired) electrons. The number of hydrogen-bond acceptors (Lipinski definition) is 2. The quantitative estimate of drug-likeness (QED) is 0.558. The maximum absolute atomic E-state index is 11.1. The number of aromatic nitrogens is 2. The van der Waals surface area contributed by atoms with Crippen molar-refractivity contribution < 1.29 is 31.3 Å². The Bertz CT molecular complexity index is 605. The first-order valence-corrected chi connectivity index (χ1v) is 8.25. The molecular formula is C14H19Cl2N2O3P. The summed E-state index contributed by atoms with van der Waals surface area (Å²) >= 11 is 0. The van der Waals surface area contributed by atoms with Crippen LogP contribution >= 0.6 is 20.0 Å². The number of pyridine rings is 2. The molecule has 0 fully saturated rings. The second-order valence-corrected chi connectivity index (χ2v) is 6.37. The van der Waals surface area contributed by atoms with Crippen molar-refractivity contribution in [1.29, 1.82) is 0 Å².